The SMILES string of the molecule is N[C@H](CC(=O)O)c1cc(O)ccc1O. The molecule has 5 nitrogen and oxygen atoms in total. The van der Waals surface area contributed by atoms with Gasteiger partial charge in [0.25, 0.3) is 0 Å². The molecule has 14 heavy (non-hydrogen) atoms. The Bertz CT molecular complexity index is 351. The lowest BCUT2D eigenvalue weighted by Gasteiger charge is -2.11. The molecule has 0 amide bonds. The molecular formula is C9H11NO4. The van der Waals surface area contributed by atoms with Crippen LogP contribution in [0.5, 0.6) is 11.5 Å². The minimum Gasteiger partial charge on any atom is -0.508 e. The molecule has 1 aromatic carbocycles. The molecule has 1 atom stereocenters. The lowest BCUT2D eigenvalue weighted by Crippen LogP contribution is -2.15. The van der Waals surface area contributed by atoms with E-state index in [1.807, 2.05) is 0 Å². The van der Waals surface area contributed by atoms with Crippen molar-refractivity contribution in [2.45, 2.75) is 12.5 Å². The van der Waals surface area contributed by atoms with Gasteiger partial charge >= 0.3 is 5.97 Å². The average Bonchev–Trinajstić information content (AvgIpc) is 2.08. The smallest absolute Gasteiger partial charge is 0.305 e. The third-order valence-electron chi connectivity index (χ3n) is 1.81. The Labute approximate surface area is 80.4 Å². The molecule has 0 aliphatic heterocycles. The standard InChI is InChI=1S/C9H11NO4/c10-7(4-9(13)14)6-3-5(11)1-2-8(6)12/h1-3,7,11-12H,4,10H2,(H,13,14)/t7-/m1/s1. The molecule has 76 valence electrons. The maximum Gasteiger partial charge on any atom is 0.305 e. The largest absolute Gasteiger partial charge is 0.508 e. The summed E-state index contributed by atoms with van der Waals surface area (Å²) < 4.78 is 0. The van der Waals surface area contributed by atoms with Crippen molar-refractivity contribution in [1.82, 2.24) is 0 Å². The Kier molecular flexibility index (Phi) is 2.93. The van der Waals surface area contributed by atoms with Gasteiger partial charge in [-0.25, -0.2) is 0 Å². The van der Waals surface area contributed by atoms with Gasteiger partial charge in [0.1, 0.15) is 11.5 Å². The highest BCUT2D eigenvalue weighted by molar-refractivity contribution is 5.68. The molecule has 5 N–H and O–H groups in total. The van der Waals surface area contributed by atoms with Crippen LogP contribution in [0.15, 0.2) is 18.2 Å². The Morgan fingerprint density at radius 2 is 2.07 bits per heavy atom. The summed E-state index contributed by atoms with van der Waals surface area (Å²) >= 11 is 0. The number of carboxylic acids is 1. The van der Waals surface area contributed by atoms with Crippen LogP contribution in [-0.4, -0.2) is 21.3 Å². The van der Waals surface area contributed by atoms with Crippen LogP contribution in [0, 0.1) is 0 Å². The number of phenolic OH excluding ortho intramolecular Hbond substituents is 2. The van der Waals surface area contributed by atoms with Crippen molar-refractivity contribution in [2.24, 2.45) is 5.73 Å². The number of aromatic hydroxyl groups is 2. The first kappa shape index (κ1) is 10.3. The van der Waals surface area contributed by atoms with Gasteiger partial charge in [-0.15, -0.1) is 0 Å². The molecule has 0 aliphatic rings. The monoisotopic (exact) mass is 197 g/mol. The maximum atomic E-state index is 10.4. The van der Waals surface area contributed by atoms with Crippen LogP contribution in [0.3, 0.4) is 0 Å². The lowest BCUT2D eigenvalue weighted by atomic mass is 10.0. The fraction of sp³-hybridized carbons (Fsp3) is 0.222. The maximum absolute atomic E-state index is 10.4. The summed E-state index contributed by atoms with van der Waals surface area (Å²) in [5.41, 5.74) is 5.74. The topological polar surface area (TPSA) is 104 Å². The number of phenols is 2. The zero-order chi connectivity index (χ0) is 10.7. The normalized spacial score (nSPS) is 12.4. The van der Waals surface area contributed by atoms with Crippen LogP contribution in [0.2, 0.25) is 0 Å². The minimum absolute atomic E-state index is 0.0568. The fourth-order valence-electron chi connectivity index (χ4n) is 1.14. The second-order valence-electron chi connectivity index (χ2n) is 2.95. The van der Waals surface area contributed by atoms with E-state index in [1.54, 1.807) is 0 Å². The second-order valence-corrected chi connectivity index (χ2v) is 2.95. The van der Waals surface area contributed by atoms with E-state index in [9.17, 15) is 9.90 Å². The number of rotatable bonds is 3. The summed E-state index contributed by atoms with van der Waals surface area (Å²) in [6.07, 6.45) is -0.295. The molecule has 1 rings (SSSR count). The number of hydrogen-bond donors (Lipinski definition) is 4. The van der Waals surface area contributed by atoms with Crippen LogP contribution in [0.4, 0.5) is 0 Å². The van der Waals surface area contributed by atoms with Gasteiger partial charge in [0.2, 0.25) is 0 Å². The Morgan fingerprint density at radius 3 is 2.64 bits per heavy atom. The van der Waals surface area contributed by atoms with Crippen LogP contribution in [0.1, 0.15) is 18.0 Å². The molecule has 0 aliphatic carbocycles. The van der Waals surface area contributed by atoms with E-state index in [-0.39, 0.29) is 23.5 Å². The van der Waals surface area contributed by atoms with E-state index in [0.717, 1.165) is 0 Å². The molecule has 0 fully saturated rings. The summed E-state index contributed by atoms with van der Waals surface area (Å²) in [4.78, 5) is 10.4. The van der Waals surface area contributed by atoms with Crippen molar-refractivity contribution in [3.63, 3.8) is 0 Å². The number of aliphatic carboxylic acids is 1. The highest BCUT2D eigenvalue weighted by atomic mass is 16.4. The van der Waals surface area contributed by atoms with Crippen molar-refractivity contribution in [2.75, 3.05) is 0 Å². The third-order valence-corrected chi connectivity index (χ3v) is 1.81. The highest BCUT2D eigenvalue weighted by Crippen LogP contribution is 2.28. The van der Waals surface area contributed by atoms with Gasteiger partial charge < -0.3 is 21.1 Å². The van der Waals surface area contributed by atoms with E-state index in [1.165, 1.54) is 18.2 Å². The molecule has 1 aromatic rings. The van der Waals surface area contributed by atoms with Gasteiger partial charge in [-0.2, -0.15) is 0 Å². The summed E-state index contributed by atoms with van der Waals surface area (Å²) in [5.74, 6) is -1.23. The second kappa shape index (κ2) is 3.97. The predicted octanol–water partition coefficient (Wildman–Crippen LogP) is 0.572. The van der Waals surface area contributed by atoms with Crippen molar-refractivity contribution in [3.05, 3.63) is 23.8 Å². The third kappa shape index (κ3) is 2.37. The van der Waals surface area contributed by atoms with Gasteiger partial charge in [0.05, 0.1) is 6.42 Å². The summed E-state index contributed by atoms with van der Waals surface area (Å²) in [6.45, 7) is 0. The number of benzene rings is 1. The van der Waals surface area contributed by atoms with E-state index in [4.69, 9.17) is 15.9 Å². The average molecular weight is 197 g/mol. The van der Waals surface area contributed by atoms with E-state index < -0.39 is 12.0 Å². The first-order valence-corrected chi connectivity index (χ1v) is 4.00. The summed E-state index contributed by atoms with van der Waals surface area (Å²) in [5, 5.41) is 26.9. The summed E-state index contributed by atoms with van der Waals surface area (Å²) in [7, 11) is 0. The van der Waals surface area contributed by atoms with E-state index in [0.29, 0.717) is 0 Å². The number of nitrogens with two attached hydrogens (primary N) is 1. The number of carbonyl (C=O) groups is 1. The Balaban J connectivity index is 2.93. The first-order chi connectivity index (χ1) is 6.50. The van der Waals surface area contributed by atoms with Crippen LogP contribution in [0.25, 0.3) is 0 Å². The predicted molar refractivity (Wildman–Crippen MR) is 49.0 cm³/mol. The van der Waals surface area contributed by atoms with Crippen LogP contribution < -0.4 is 5.73 Å². The minimum atomic E-state index is -1.06. The van der Waals surface area contributed by atoms with Gasteiger partial charge in [-0.3, -0.25) is 4.79 Å². The quantitative estimate of drug-likeness (QED) is 0.530. The molecule has 0 bridgehead atoms. The molecule has 0 heterocycles. The zero-order valence-electron chi connectivity index (χ0n) is 7.34. The zero-order valence-corrected chi connectivity index (χ0v) is 7.34. The van der Waals surface area contributed by atoms with Crippen molar-refractivity contribution in [1.29, 1.82) is 0 Å². The molecular weight excluding hydrogens is 186 g/mol. The lowest BCUT2D eigenvalue weighted by molar-refractivity contribution is -0.137. The molecule has 0 spiro atoms. The van der Waals surface area contributed by atoms with Crippen molar-refractivity contribution in [3.8, 4) is 11.5 Å². The van der Waals surface area contributed by atoms with Gasteiger partial charge in [0.15, 0.2) is 0 Å². The summed E-state index contributed by atoms with van der Waals surface area (Å²) in [6, 6.07) is 3.00. The van der Waals surface area contributed by atoms with Crippen molar-refractivity contribution < 1.29 is 20.1 Å². The van der Waals surface area contributed by atoms with Gasteiger partial charge in [0, 0.05) is 11.6 Å². The molecule has 0 aromatic heterocycles. The molecule has 5 heteroatoms. The van der Waals surface area contributed by atoms with Crippen LogP contribution in [-0.2, 0) is 4.79 Å². The molecule has 0 saturated carbocycles. The highest BCUT2D eigenvalue weighted by Gasteiger charge is 2.14. The number of carboxylic acid groups (broad SMARTS) is 1. The molecule has 0 radical (unpaired) electrons. The Hall–Kier alpha value is -1.75. The Morgan fingerprint density at radius 1 is 1.43 bits per heavy atom. The fourth-order valence-corrected chi connectivity index (χ4v) is 1.14. The van der Waals surface area contributed by atoms with Crippen molar-refractivity contribution >= 4 is 5.97 Å². The first-order valence-electron chi connectivity index (χ1n) is 4.00. The molecule has 0 saturated heterocycles. The number of hydrogen-bond acceptors (Lipinski definition) is 4. The van der Waals surface area contributed by atoms with Gasteiger partial charge in [-0.1, -0.05) is 0 Å². The van der Waals surface area contributed by atoms with Crippen LogP contribution >= 0.6 is 0 Å². The van der Waals surface area contributed by atoms with Gasteiger partial charge in [-0.05, 0) is 18.2 Å². The van der Waals surface area contributed by atoms with E-state index >= 15 is 0 Å². The molecule has 0 unspecified atom stereocenters. The van der Waals surface area contributed by atoms with E-state index in [2.05, 4.69) is 0 Å².